The molecule has 10 heteroatoms. The van der Waals surface area contributed by atoms with Gasteiger partial charge in [0.05, 0.1) is 23.1 Å². The molecule has 5 N–H and O–H groups in total. The van der Waals surface area contributed by atoms with Gasteiger partial charge in [0.2, 0.25) is 11.9 Å². The van der Waals surface area contributed by atoms with Gasteiger partial charge in [-0.3, -0.25) is 4.79 Å². The first kappa shape index (κ1) is 18.8. The Morgan fingerprint density at radius 1 is 1.10 bits per heavy atom. The highest BCUT2D eigenvalue weighted by Gasteiger charge is 2.18. The number of nitrogen functional groups attached to an aromatic ring is 1. The predicted octanol–water partition coefficient (Wildman–Crippen LogP) is 3.74. The van der Waals surface area contributed by atoms with Crippen molar-refractivity contribution in [2.75, 3.05) is 11.1 Å². The van der Waals surface area contributed by atoms with Crippen LogP contribution >= 0.6 is 22.9 Å². The Hall–Kier alpha value is -3.56. The summed E-state index contributed by atoms with van der Waals surface area (Å²) in [5.74, 6) is -0.263. The summed E-state index contributed by atoms with van der Waals surface area (Å²) in [6.07, 6.45) is 4.76. The van der Waals surface area contributed by atoms with Crippen molar-refractivity contribution in [3.05, 3.63) is 64.5 Å². The number of pyridine rings is 1. The number of anilines is 3. The van der Waals surface area contributed by atoms with Gasteiger partial charge in [0.25, 0.3) is 0 Å². The molecule has 0 atom stereocenters. The van der Waals surface area contributed by atoms with E-state index >= 15 is 0 Å². The molecule has 8 nitrogen and oxygen atoms in total. The van der Waals surface area contributed by atoms with Crippen LogP contribution in [0.4, 0.5) is 17.3 Å². The molecule has 3 aromatic heterocycles. The SMILES string of the molecule is NC(=O)c1cccc(Nc2ncc(-c3cscn3)cn2)c1-c1cc(Cl)ncc1N. The lowest BCUT2D eigenvalue weighted by atomic mass is 9.96. The van der Waals surface area contributed by atoms with Crippen LogP contribution < -0.4 is 16.8 Å². The van der Waals surface area contributed by atoms with Crippen LogP contribution in [-0.4, -0.2) is 25.8 Å². The number of thiazole rings is 1. The Bertz CT molecular complexity index is 1180. The van der Waals surface area contributed by atoms with Crippen LogP contribution in [0.2, 0.25) is 5.15 Å². The van der Waals surface area contributed by atoms with Crippen LogP contribution in [-0.2, 0) is 0 Å². The number of benzene rings is 1. The number of aromatic nitrogens is 4. The Kier molecular flexibility index (Phi) is 5.07. The number of amides is 1. The Morgan fingerprint density at radius 2 is 1.90 bits per heavy atom. The summed E-state index contributed by atoms with van der Waals surface area (Å²) in [7, 11) is 0. The van der Waals surface area contributed by atoms with Gasteiger partial charge in [-0.15, -0.1) is 11.3 Å². The summed E-state index contributed by atoms with van der Waals surface area (Å²) in [4.78, 5) is 28.9. The normalized spacial score (nSPS) is 10.7. The van der Waals surface area contributed by atoms with Crippen molar-refractivity contribution in [2.24, 2.45) is 5.73 Å². The number of nitrogens with zero attached hydrogens (tertiary/aromatic N) is 4. The van der Waals surface area contributed by atoms with E-state index in [-0.39, 0.29) is 10.7 Å². The molecule has 0 aliphatic carbocycles. The van der Waals surface area contributed by atoms with E-state index in [1.54, 1.807) is 42.2 Å². The lowest BCUT2D eigenvalue weighted by Gasteiger charge is -2.16. The third kappa shape index (κ3) is 3.86. The van der Waals surface area contributed by atoms with Gasteiger partial charge in [-0.25, -0.2) is 19.9 Å². The number of halogens is 1. The van der Waals surface area contributed by atoms with E-state index in [9.17, 15) is 4.79 Å². The van der Waals surface area contributed by atoms with Gasteiger partial charge in [0.15, 0.2) is 0 Å². The Labute approximate surface area is 174 Å². The van der Waals surface area contributed by atoms with E-state index in [1.807, 2.05) is 5.38 Å². The number of nitrogens with two attached hydrogens (primary N) is 2. The summed E-state index contributed by atoms with van der Waals surface area (Å²) in [6.45, 7) is 0. The first-order valence-corrected chi connectivity index (χ1v) is 9.67. The summed E-state index contributed by atoms with van der Waals surface area (Å²) in [5, 5.41) is 5.27. The van der Waals surface area contributed by atoms with Crippen molar-refractivity contribution in [3.8, 4) is 22.4 Å². The molecule has 0 bridgehead atoms. The molecule has 1 amide bonds. The maximum Gasteiger partial charge on any atom is 0.249 e. The molecule has 0 fully saturated rings. The van der Waals surface area contributed by atoms with E-state index < -0.39 is 5.91 Å². The lowest BCUT2D eigenvalue weighted by molar-refractivity contribution is 0.100. The van der Waals surface area contributed by atoms with Crippen molar-refractivity contribution >= 4 is 46.2 Å². The van der Waals surface area contributed by atoms with E-state index in [4.69, 9.17) is 23.1 Å². The van der Waals surface area contributed by atoms with Gasteiger partial charge in [0.1, 0.15) is 5.15 Å². The van der Waals surface area contributed by atoms with E-state index in [0.717, 1.165) is 11.3 Å². The predicted molar refractivity (Wildman–Crippen MR) is 114 cm³/mol. The van der Waals surface area contributed by atoms with Crippen LogP contribution in [0.1, 0.15) is 10.4 Å². The molecule has 0 radical (unpaired) electrons. The highest BCUT2D eigenvalue weighted by molar-refractivity contribution is 7.07. The topological polar surface area (TPSA) is 133 Å². The second kappa shape index (κ2) is 7.82. The highest BCUT2D eigenvalue weighted by Crippen LogP contribution is 2.37. The largest absolute Gasteiger partial charge is 0.397 e. The zero-order chi connectivity index (χ0) is 20.4. The van der Waals surface area contributed by atoms with Crippen molar-refractivity contribution in [2.45, 2.75) is 0 Å². The van der Waals surface area contributed by atoms with Crippen molar-refractivity contribution in [1.82, 2.24) is 19.9 Å². The second-order valence-corrected chi connectivity index (χ2v) is 7.09. The maximum atomic E-state index is 12.0. The van der Waals surface area contributed by atoms with Gasteiger partial charge in [-0.1, -0.05) is 17.7 Å². The number of nitrogens with one attached hydrogen (secondary N) is 1. The molecular weight excluding hydrogens is 410 g/mol. The number of primary amides is 1. The number of carbonyl (C=O) groups excluding carboxylic acids is 1. The average Bonchev–Trinajstić information content (AvgIpc) is 3.25. The fourth-order valence-corrected chi connectivity index (χ4v) is 3.53. The number of hydrogen-bond acceptors (Lipinski definition) is 8. The minimum atomic E-state index is -0.601. The molecule has 0 aliphatic heterocycles. The third-order valence-electron chi connectivity index (χ3n) is 4.13. The summed E-state index contributed by atoms with van der Waals surface area (Å²) in [5.41, 5.74) is 17.2. The number of hydrogen-bond donors (Lipinski definition) is 3. The monoisotopic (exact) mass is 423 g/mol. The van der Waals surface area contributed by atoms with Gasteiger partial charge >= 0.3 is 0 Å². The lowest BCUT2D eigenvalue weighted by Crippen LogP contribution is -2.14. The quantitative estimate of drug-likeness (QED) is 0.416. The average molecular weight is 424 g/mol. The van der Waals surface area contributed by atoms with E-state index in [0.29, 0.717) is 28.5 Å². The van der Waals surface area contributed by atoms with Gasteiger partial charge < -0.3 is 16.8 Å². The molecule has 29 heavy (non-hydrogen) atoms. The van der Waals surface area contributed by atoms with Gasteiger partial charge in [-0.05, 0) is 18.2 Å². The smallest absolute Gasteiger partial charge is 0.249 e. The van der Waals surface area contributed by atoms with Crippen molar-refractivity contribution < 1.29 is 4.79 Å². The second-order valence-electron chi connectivity index (χ2n) is 5.98. The molecule has 3 heterocycles. The minimum Gasteiger partial charge on any atom is -0.397 e. The molecule has 144 valence electrons. The summed E-state index contributed by atoms with van der Waals surface area (Å²) in [6, 6.07) is 6.67. The van der Waals surface area contributed by atoms with Crippen LogP contribution in [0.25, 0.3) is 22.4 Å². The molecule has 4 aromatic rings. The third-order valence-corrected chi connectivity index (χ3v) is 4.92. The molecular formula is C19H14ClN7OS. The van der Waals surface area contributed by atoms with Crippen LogP contribution in [0, 0.1) is 0 Å². The molecule has 0 saturated carbocycles. The van der Waals surface area contributed by atoms with Crippen LogP contribution in [0.3, 0.4) is 0 Å². The minimum absolute atomic E-state index is 0.239. The Morgan fingerprint density at radius 3 is 2.59 bits per heavy atom. The fourth-order valence-electron chi connectivity index (χ4n) is 2.81. The number of rotatable bonds is 5. The standard InChI is InChI=1S/C19H14ClN7OS/c20-16-4-12(13(21)7-23-16)17-11(18(22)28)2-1-3-14(17)27-19-24-5-10(6-25-19)15-8-29-9-26-15/h1-9H,21H2,(H2,22,28)(H,24,25,27). The fraction of sp³-hybridized carbons (Fsp3) is 0. The van der Waals surface area contributed by atoms with Crippen LogP contribution in [0.15, 0.2) is 53.7 Å². The summed E-state index contributed by atoms with van der Waals surface area (Å²) < 4.78 is 0. The van der Waals surface area contributed by atoms with E-state index in [2.05, 4.69) is 25.3 Å². The van der Waals surface area contributed by atoms with Gasteiger partial charge in [-0.2, -0.15) is 0 Å². The molecule has 1 aromatic carbocycles. The Balaban J connectivity index is 1.77. The van der Waals surface area contributed by atoms with Crippen molar-refractivity contribution in [3.63, 3.8) is 0 Å². The zero-order valence-electron chi connectivity index (χ0n) is 14.8. The van der Waals surface area contributed by atoms with E-state index in [1.165, 1.54) is 17.5 Å². The highest BCUT2D eigenvalue weighted by atomic mass is 35.5. The molecule has 0 saturated heterocycles. The molecule has 0 unspecified atom stereocenters. The molecule has 0 aliphatic rings. The first-order valence-electron chi connectivity index (χ1n) is 8.35. The molecule has 4 rings (SSSR count). The van der Waals surface area contributed by atoms with Crippen molar-refractivity contribution in [1.29, 1.82) is 0 Å². The maximum absolute atomic E-state index is 12.0. The zero-order valence-corrected chi connectivity index (χ0v) is 16.4. The summed E-state index contributed by atoms with van der Waals surface area (Å²) >= 11 is 7.54. The first-order chi connectivity index (χ1) is 14.0. The van der Waals surface area contributed by atoms with Crippen LogP contribution in [0.5, 0.6) is 0 Å². The van der Waals surface area contributed by atoms with Gasteiger partial charge in [0, 0.05) is 45.7 Å². The number of carbonyl (C=O) groups is 1. The molecule has 0 spiro atoms.